The molecule has 0 aliphatic heterocycles. The minimum Gasteiger partial charge on any atom is -0.354 e. The van der Waals surface area contributed by atoms with Crippen molar-refractivity contribution in [2.24, 2.45) is 0 Å². The molecule has 0 spiro atoms. The summed E-state index contributed by atoms with van der Waals surface area (Å²) in [6.45, 7) is 6.92. The molecule has 0 aromatic heterocycles. The summed E-state index contributed by atoms with van der Waals surface area (Å²) < 4.78 is 29.0. The van der Waals surface area contributed by atoms with Gasteiger partial charge in [-0.3, -0.25) is 13.9 Å². The number of nitrogens with one attached hydrogen (secondary N) is 1. The van der Waals surface area contributed by atoms with Crippen LogP contribution in [0.25, 0.3) is 0 Å². The van der Waals surface area contributed by atoms with Gasteiger partial charge in [-0.05, 0) is 74.7 Å². The molecule has 0 fully saturated rings. The predicted molar refractivity (Wildman–Crippen MR) is 162 cm³/mol. The van der Waals surface area contributed by atoms with Gasteiger partial charge in [0.05, 0.1) is 10.6 Å². The van der Waals surface area contributed by atoms with Gasteiger partial charge >= 0.3 is 0 Å². The molecule has 1 N–H and O–H groups in total. The largest absolute Gasteiger partial charge is 0.354 e. The number of aryl methyl sites for hydroxylation is 2. The van der Waals surface area contributed by atoms with E-state index < -0.39 is 28.5 Å². The van der Waals surface area contributed by atoms with Gasteiger partial charge in [-0.15, -0.1) is 0 Å². The van der Waals surface area contributed by atoms with Crippen molar-refractivity contribution in [2.45, 2.75) is 51.6 Å². The summed E-state index contributed by atoms with van der Waals surface area (Å²) in [6.07, 6.45) is 0.714. The maximum absolute atomic E-state index is 14.0. The smallest absolute Gasteiger partial charge is 0.264 e. The molecule has 0 unspecified atom stereocenters. The maximum Gasteiger partial charge on any atom is 0.264 e. The Labute approximate surface area is 251 Å². The molecular formula is C29H32Cl3N3O4S. The Morgan fingerprint density at radius 1 is 0.925 bits per heavy atom. The molecular weight excluding hydrogens is 593 g/mol. The van der Waals surface area contributed by atoms with E-state index in [0.29, 0.717) is 39.2 Å². The van der Waals surface area contributed by atoms with Crippen molar-refractivity contribution < 1.29 is 18.0 Å². The molecule has 3 rings (SSSR count). The normalized spacial score (nSPS) is 12.1. The Balaban J connectivity index is 2.08. The monoisotopic (exact) mass is 623 g/mol. The molecule has 0 heterocycles. The van der Waals surface area contributed by atoms with Gasteiger partial charge in [0.1, 0.15) is 12.6 Å². The average Bonchev–Trinajstić information content (AvgIpc) is 2.91. The fraction of sp³-hybridized carbons (Fsp3) is 0.310. The van der Waals surface area contributed by atoms with Gasteiger partial charge in [0.25, 0.3) is 10.0 Å². The van der Waals surface area contributed by atoms with Crippen molar-refractivity contribution in [1.29, 1.82) is 0 Å². The molecule has 0 saturated heterocycles. The third-order valence-electron chi connectivity index (χ3n) is 6.40. The predicted octanol–water partition coefficient (Wildman–Crippen LogP) is 6.40. The standard InChI is InChI=1S/C29H32Cl3N3O4S/c1-5-14-33-29(37)21(4)34(17-22-9-11-23(30)15-26(22)32)28(36)18-35(27-16-24(31)10-8-20(27)3)40(38,39)25-12-6-19(2)7-13-25/h6-13,15-16,21H,5,14,17-18H2,1-4H3,(H,33,37)/t21-/m0/s1. The van der Waals surface area contributed by atoms with E-state index in [1.165, 1.54) is 23.1 Å². The van der Waals surface area contributed by atoms with Crippen LogP contribution >= 0.6 is 34.8 Å². The molecule has 40 heavy (non-hydrogen) atoms. The fourth-order valence-electron chi connectivity index (χ4n) is 4.01. The zero-order valence-electron chi connectivity index (χ0n) is 22.7. The lowest BCUT2D eigenvalue weighted by molar-refractivity contribution is -0.139. The number of rotatable bonds is 11. The minimum atomic E-state index is -4.20. The number of carbonyl (C=O) groups is 2. The fourth-order valence-corrected chi connectivity index (χ4v) is 6.12. The number of carbonyl (C=O) groups excluding carboxylic acids is 2. The zero-order valence-corrected chi connectivity index (χ0v) is 25.8. The third-order valence-corrected chi connectivity index (χ3v) is 9.00. The first-order valence-corrected chi connectivity index (χ1v) is 15.3. The molecule has 7 nitrogen and oxygen atoms in total. The van der Waals surface area contributed by atoms with E-state index in [0.717, 1.165) is 9.87 Å². The Kier molecular flexibility index (Phi) is 10.9. The van der Waals surface area contributed by atoms with Crippen LogP contribution in [-0.4, -0.2) is 44.3 Å². The topological polar surface area (TPSA) is 86.8 Å². The van der Waals surface area contributed by atoms with Crippen LogP contribution in [0.3, 0.4) is 0 Å². The van der Waals surface area contributed by atoms with Crippen LogP contribution in [0.15, 0.2) is 65.6 Å². The highest BCUT2D eigenvalue weighted by Gasteiger charge is 2.33. The lowest BCUT2D eigenvalue weighted by Crippen LogP contribution is -2.51. The van der Waals surface area contributed by atoms with Crippen molar-refractivity contribution in [3.05, 3.63) is 92.4 Å². The Morgan fingerprint density at radius 2 is 1.55 bits per heavy atom. The first-order valence-electron chi connectivity index (χ1n) is 12.7. The van der Waals surface area contributed by atoms with E-state index in [9.17, 15) is 18.0 Å². The van der Waals surface area contributed by atoms with Gasteiger partial charge in [0.15, 0.2) is 0 Å². The number of sulfonamides is 1. The first kappa shape index (κ1) is 31.7. The van der Waals surface area contributed by atoms with Crippen LogP contribution in [-0.2, 0) is 26.2 Å². The van der Waals surface area contributed by atoms with E-state index in [2.05, 4.69) is 5.32 Å². The highest BCUT2D eigenvalue weighted by molar-refractivity contribution is 7.92. The summed E-state index contributed by atoms with van der Waals surface area (Å²) in [4.78, 5) is 28.3. The molecule has 0 saturated carbocycles. The van der Waals surface area contributed by atoms with Crippen molar-refractivity contribution in [3.8, 4) is 0 Å². The van der Waals surface area contributed by atoms with Crippen molar-refractivity contribution >= 4 is 62.3 Å². The molecule has 0 aliphatic rings. The van der Waals surface area contributed by atoms with Crippen LogP contribution in [0.2, 0.25) is 15.1 Å². The molecule has 2 amide bonds. The maximum atomic E-state index is 14.0. The lowest BCUT2D eigenvalue weighted by atomic mass is 10.1. The Morgan fingerprint density at radius 3 is 2.17 bits per heavy atom. The van der Waals surface area contributed by atoms with Crippen LogP contribution < -0.4 is 9.62 Å². The van der Waals surface area contributed by atoms with Crippen molar-refractivity contribution in [3.63, 3.8) is 0 Å². The minimum absolute atomic E-state index is 0.0197. The lowest BCUT2D eigenvalue weighted by Gasteiger charge is -2.32. The second-order valence-electron chi connectivity index (χ2n) is 9.48. The summed E-state index contributed by atoms with van der Waals surface area (Å²) >= 11 is 18.7. The summed E-state index contributed by atoms with van der Waals surface area (Å²) in [5.74, 6) is -0.965. The van der Waals surface area contributed by atoms with E-state index >= 15 is 0 Å². The summed E-state index contributed by atoms with van der Waals surface area (Å²) in [7, 11) is -4.20. The van der Waals surface area contributed by atoms with Gasteiger partial charge in [-0.1, -0.05) is 71.6 Å². The van der Waals surface area contributed by atoms with Crippen molar-refractivity contribution in [1.82, 2.24) is 10.2 Å². The Hall–Kier alpha value is -2.78. The van der Waals surface area contributed by atoms with Gasteiger partial charge in [-0.2, -0.15) is 0 Å². The second-order valence-corrected chi connectivity index (χ2v) is 12.6. The van der Waals surface area contributed by atoms with E-state index in [4.69, 9.17) is 34.8 Å². The number of nitrogens with zero attached hydrogens (tertiary/aromatic N) is 2. The summed E-state index contributed by atoms with van der Waals surface area (Å²) in [6, 6.07) is 15.1. The molecule has 3 aromatic rings. The molecule has 0 aliphatic carbocycles. The first-order chi connectivity index (χ1) is 18.8. The van der Waals surface area contributed by atoms with Crippen LogP contribution in [0, 0.1) is 13.8 Å². The highest BCUT2D eigenvalue weighted by atomic mass is 35.5. The highest BCUT2D eigenvalue weighted by Crippen LogP contribution is 2.30. The summed E-state index contributed by atoms with van der Waals surface area (Å²) in [5.41, 5.74) is 2.31. The molecule has 3 aromatic carbocycles. The average molecular weight is 625 g/mol. The number of hydrogen-bond acceptors (Lipinski definition) is 4. The van der Waals surface area contributed by atoms with Crippen LogP contribution in [0.1, 0.15) is 37.0 Å². The third kappa shape index (κ3) is 7.69. The molecule has 11 heteroatoms. The summed E-state index contributed by atoms with van der Waals surface area (Å²) in [5, 5.41) is 3.86. The van der Waals surface area contributed by atoms with Gasteiger partial charge in [0.2, 0.25) is 11.8 Å². The van der Waals surface area contributed by atoms with Crippen molar-refractivity contribution in [2.75, 3.05) is 17.4 Å². The van der Waals surface area contributed by atoms with Gasteiger partial charge in [-0.25, -0.2) is 8.42 Å². The molecule has 0 bridgehead atoms. The number of amides is 2. The Bertz CT molecular complexity index is 1480. The quantitative estimate of drug-likeness (QED) is 0.267. The molecule has 0 radical (unpaired) electrons. The molecule has 214 valence electrons. The van der Waals surface area contributed by atoms with E-state index in [-0.39, 0.29) is 23.0 Å². The SMILES string of the molecule is CCCNC(=O)[C@H](C)N(Cc1ccc(Cl)cc1Cl)C(=O)CN(c1cc(Cl)ccc1C)S(=O)(=O)c1ccc(C)cc1. The number of benzene rings is 3. The van der Waals surface area contributed by atoms with E-state index in [1.54, 1.807) is 56.3 Å². The van der Waals surface area contributed by atoms with Crippen LogP contribution in [0.5, 0.6) is 0 Å². The molecule has 1 atom stereocenters. The second kappa shape index (κ2) is 13.7. The van der Waals surface area contributed by atoms with Crippen LogP contribution in [0.4, 0.5) is 5.69 Å². The van der Waals surface area contributed by atoms with Gasteiger partial charge in [0, 0.05) is 28.2 Å². The van der Waals surface area contributed by atoms with Gasteiger partial charge < -0.3 is 10.2 Å². The number of halogens is 3. The van der Waals surface area contributed by atoms with E-state index in [1.807, 2.05) is 13.8 Å². The zero-order chi connectivity index (χ0) is 29.6. The number of anilines is 1. The number of hydrogen-bond donors (Lipinski definition) is 1.